The van der Waals surface area contributed by atoms with E-state index >= 15 is 0 Å². The van der Waals surface area contributed by atoms with Gasteiger partial charge in [0.2, 0.25) is 0 Å². The van der Waals surface area contributed by atoms with E-state index in [4.69, 9.17) is 5.26 Å². The predicted molar refractivity (Wildman–Crippen MR) is 50.8 cm³/mol. The minimum atomic E-state index is -0.299. The summed E-state index contributed by atoms with van der Waals surface area (Å²) in [4.78, 5) is 3.94. The third-order valence-electron chi connectivity index (χ3n) is 1.61. The molecule has 1 heterocycles. The minimum Gasteiger partial charge on any atom is -0.295 e. The number of aromatic nitrogens is 1. The van der Waals surface area contributed by atoms with E-state index in [-0.39, 0.29) is 6.04 Å². The van der Waals surface area contributed by atoms with Gasteiger partial charge in [-0.05, 0) is 6.07 Å². The van der Waals surface area contributed by atoms with E-state index in [9.17, 15) is 0 Å². The van der Waals surface area contributed by atoms with Gasteiger partial charge in [0.05, 0.1) is 6.07 Å². The highest BCUT2D eigenvalue weighted by Crippen LogP contribution is 2.08. The Morgan fingerprint density at radius 1 is 1.77 bits per heavy atom. The maximum Gasteiger partial charge on any atom is 0.123 e. The molecule has 0 saturated carbocycles. The summed E-state index contributed by atoms with van der Waals surface area (Å²) in [7, 11) is 0. The summed E-state index contributed by atoms with van der Waals surface area (Å²) >= 11 is 0. The molecule has 0 aromatic carbocycles. The molecular weight excluding hydrogens is 162 g/mol. The Bertz CT molecular complexity index is 300. The number of rotatable bonds is 4. The number of pyridine rings is 1. The molecule has 1 unspecified atom stereocenters. The molecular formula is C10H11N3. The highest BCUT2D eigenvalue weighted by Gasteiger charge is 2.07. The number of hydrogen-bond donors (Lipinski definition) is 1. The van der Waals surface area contributed by atoms with Gasteiger partial charge in [-0.2, -0.15) is 5.26 Å². The second-order valence-electron chi connectivity index (χ2n) is 2.55. The van der Waals surface area contributed by atoms with E-state index in [2.05, 4.69) is 22.9 Å². The van der Waals surface area contributed by atoms with E-state index in [1.54, 1.807) is 18.5 Å². The average molecular weight is 173 g/mol. The van der Waals surface area contributed by atoms with E-state index < -0.39 is 0 Å². The van der Waals surface area contributed by atoms with Crippen LogP contribution in [0.1, 0.15) is 11.6 Å². The van der Waals surface area contributed by atoms with Crippen molar-refractivity contribution in [2.75, 3.05) is 6.54 Å². The largest absolute Gasteiger partial charge is 0.295 e. The molecule has 0 bridgehead atoms. The van der Waals surface area contributed by atoms with E-state index in [1.807, 2.05) is 12.1 Å². The summed E-state index contributed by atoms with van der Waals surface area (Å²) < 4.78 is 0. The van der Waals surface area contributed by atoms with Crippen molar-refractivity contribution in [3.63, 3.8) is 0 Å². The Balaban J connectivity index is 2.68. The molecule has 1 aromatic heterocycles. The molecule has 0 saturated heterocycles. The third kappa shape index (κ3) is 2.69. The summed E-state index contributed by atoms with van der Waals surface area (Å²) in [6, 6.07) is 5.54. The Hall–Kier alpha value is -1.66. The fourth-order valence-corrected chi connectivity index (χ4v) is 0.986. The van der Waals surface area contributed by atoms with Gasteiger partial charge in [-0.3, -0.25) is 10.3 Å². The molecule has 0 spiro atoms. The average Bonchev–Trinajstić information content (AvgIpc) is 2.21. The molecule has 0 aliphatic carbocycles. The summed E-state index contributed by atoms with van der Waals surface area (Å²) in [5, 5.41) is 11.8. The lowest BCUT2D eigenvalue weighted by atomic mass is 10.1. The molecule has 0 amide bonds. The maximum absolute atomic E-state index is 8.83. The van der Waals surface area contributed by atoms with Gasteiger partial charge in [0.1, 0.15) is 6.04 Å². The fraction of sp³-hybridized carbons (Fsp3) is 0.200. The van der Waals surface area contributed by atoms with Crippen molar-refractivity contribution in [1.29, 1.82) is 5.26 Å². The quantitative estimate of drug-likeness (QED) is 0.700. The van der Waals surface area contributed by atoms with Crippen molar-refractivity contribution in [1.82, 2.24) is 10.3 Å². The summed E-state index contributed by atoms with van der Waals surface area (Å²) in [6.07, 6.45) is 5.09. The van der Waals surface area contributed by atoms with Crippen molar-refractivity contribution < 1.29 is 0 Å². The lowest BCUT2D eigenvalue weighted by Crippen LogP contribution is -2.19. The summed E-state index contributed by atoms with van der Waals surface area (Å²) in [5.41, 5.74) is 0.881. The molecule has 1 rings (SSSR count). The van der Waals surface area contributed by atoms with Crippen molar-refractivity contribution in [2.45, 2.75) is 6.04 Å². The van der Waals surface area contributed by atoms with Crippen LogP contribution in [-0.2, 0) is 0 Å². The first-order chi connectivity index (χ1) is 6.38. The maximum atomic E-state index is 8.83. The SMILES string of the molecule is C=CCNC(C#N)c1cccnc1. The lowest BCUT2D eigenvalue weighted by molar-refractivity contribution is 0.681. The topological polar surface area (TPSA) is 48.7 Å². The summed E-state index contributed by atoms with van der Waals surface area (Å²) in [5.74, 6) is 0. The van der Waals surface area contributed by atoms with E-state index in [0.717, 1.165) is 5.56 Å². The molecule has 0 aliphatic rings. The first-order valence-electron chi connectivity index (χ1n) is 4.02. The zero-order valence-electron chi connectivity index (χ0n) is 7.27. The monoisotopic (exact) mass is 173 g/mol. The van der Waals surface area contributed by atoms with Crippen LogP contribution in [0.4, 0.5) is 0 Å². The van der Waals surface area contributed by atoms with Crippen LogP contribution in [0.3, 0.4) is 0 Å². The minimum absolute atomic E-state index is 0.299. The van der Waals surface area contributed by atoms with E-state index in [1.165, 1.54) is 0 Å². The van der Waals surface area contributed by atoms with Crippen LogP contribution < -0.4 is 5.32 Å². The molecule has 66 valence electrons. The second kappa shape index (κ2) is 5.07. The molecule has 0 fully saturated rings. The van der Waals surface area contributed by atoms with Crippen LogP contribution in [-0.4, -0.2) is 11.5 Å². The molecule has 0 radical (unpaired) electrons. The van der Waals surface area contributed by atoms with E-state index in [0.29, 0.717) is 6.54 Å². The predicted octanol–water partition coefficient (Wildman–Crippen LogP) is 1.42. The molecule has 1 N–H and O–H groups in total. The van der Waals surface area contributed by atoms with Crippen LogP contribution >= 0.6 is 0 Å². The Morgan fingerprint density at radius 3 is 3.15 bits per heavy atom. The first kappa shape index (κ1) is 9.43. The molecule has 1 atom stereocenters. The van der Waals surface area contributed by atoms with Crippen LogP contribution in [0.25, 0.3) is 0 Å². The molecule has 1 aromatic rings. The van der Waals surface area contributed by atoms with Gasteiger partial charge in [-0.15, -0.1) is 6.58 Å². The third-order valence-corrected chi connectivity index (χ3v) is 1.61. The van der Waals surface area contributed by atoms with Gasteiger partial charge in [0.25, 0.3) is 0 Å². The highest BCUT2D eigenvalue weighted by molar-refractivity contribution is 5.20. The molecule has 13 heavy (non-hydrogen) atoms. The van der Waals surface area contributed by atoms with Crippen molar-refractivity contribution in [3.8, 4) is 6.07 Å². The number of nitrogens with zero attached hydrogens (tertiary/aromatic N) is 2. The Morgan fingerprint density at radius 2 is 2.62 bits per heavy atom. The Labute approximate surface area is 77.7 Å². The van der Waals surface area contributed by atoms with Gasteiger partial charge in [-0.1, -0.05) is 12.1 Å². The zero-order valence-corrected chi connectivity index (χ0v) is 7.27. The second-order valence-corrected chi connectivity index (χ2v) is 2.55. The lowest BCUT2D eigenvalue weighted by Gasteiger charge is -2.08. The first-order valence-corrected chi connectivity index (χ1v) is 4.02. The van der Waals surface area contributed by atoms with Crippen LogP contribution in [0.5, 0.6) is 0 Å². The highest BCUT2D eigenvalue weighted by atomic mass is 14.9. The van der Waals surface area contributed by atoms with Gasteiger partial charge in [0, 0.05) is 24.5 Å². The fourth-order valence-electron chi connectivity index (χ4n) is 0.986. The summed E-state index contributed by atoms with van der Waals surface area (Å²) in [6.45, 7) is 4.19. The van der Waals surface area contributed by atoms with Crippen molar-refractivity contribution in [3.05, 3.63) is 42.7 Å². The normalized spacial score (nSPS) is 11.6. The van der Waals surface area contributed by atoms with Crippen molar-refractivity contribution >= 4 is 0 Å². The Kier molecular flexibility index (Phi) is 3.68. The standard InChI is InChI=1S/C10H11N3/c1-2-5-13-10(7-11)9-4-3-6-12-8-9/h2-4,6,8,10,13H,1,5H2. The van der Waals surface area contributed by atoms with Gasteiger partial charge in [-0.25, -0.2) is 0 Å². The zero-order chi connectivity index (χ0) is 9.52. The van der Waals surface area contributed by atoms with Crippen LogP contribution in [0.15, 0.2) is 37.2 Å². The molecule has 3 heteroatoms. The molecule has 0 aliphatic heterocycles. The van der Waals surface area contributed by atoms with Crippen LogP contribution in [0.2, 0.25) is 0 Å². The number of nitriles is 1. The van der Waals surface area contributed by atoms with Crippen LogP contribution in [0, 0.1) is 11.3 Å². The number of nitrogens with one attached hydrogen (secondary N) is 1. The van der Waals surface area contributed by atoms with Gasteiger partial charge < -0.3 is 0 Å². The smallest absolute Gasteiger partial charge is 0.123 e. The number of hydrogen-bond acceptors (Lipinski definition) is 3. The van der Waals surface area contributed by atoms with Gasteiger partial charge in [0.15, 0.2) is 0 Å². The van der Waals surface area contributed by atoms with Crippen molar-refractivity contribution in [2.24, 2.45) is 0 Å². The van der Waals surface area contributed by atoms with Gasteiger partial charge >= 0.3 is 0 Å². The molecule has 3 nitrogen and oxygen atoms in total.